The summed E-state index contributed by atoms with van der Waals surface area (Å²) in [6.45, 7) is 2.14. The van der Waals surface area contributed by atoms with Gasteiger partial charge in [0.05, 0.1) is 11.6 Å². The van der Waals surface area contributed by atoms with Gasteiger partial charge in [-0.25, -0.2) is 9.97 Å². The summed E-state index contributed by atoms with van der Waals surface area (Å²) >= 11 is 1.45. The molecule has 0 aliphatic carbocycles. The molecule has 134 valence electrons. The lowest BCUT2D eigenvalue weighted by Gasteiger charge is -2.31. The number of piperidine rings is 1. The van der Waals surface area contributed by atoms with Crippen LogP contribution in [0.3, 0.4) is 0 Å². The molecule has 1 amide bonds. The molecule has 7 nitrogen and oxygen atoms in total. The quantitative estimate of drug-likeness (QED) is 0.761. The van der Waals surface area contributed by atoms with Crippen molar-refractivity contribution in [3.63, 3.8) is 0 Å². The Hall–Kier alpha value is -2.58. The fraction of sp³-hybridized carbons (Fsp3) is 0.333. The second-order valence-corrected chi connectivity index (χ2v) is 7.29. The van der Waals surface area contributed by atoms with E-state index in [4.69, 9.17) is 0 Å². The number of anilines is 1. The van der Waals surface area contributed by atoms with E-state index in [9.17, 15) is 9.59 Å². The van der Waals surface area contributed by atoms with E-state index in [-0.39, 0.29) is 17.4 Å². The van der Waals surface area contributed by atoms with E-state index in [2.05, 4.69) is 20.2 Å². The minimum atomic E-state index is -0.0858. The van der Waals surface area contributed by atoms with E-state index in [0.29, 0.717) is 23.9 Å². The zero-order chi connectivity index (χ0) is 17.9. The van der Waals surface area contributed by atoms with Gasteiger partial charge in [0.2, 0.25) is 5.91 Å². The van der Waals surface area contributed by atoms with E-state index < -0.39 is 0 Å². The number of nitrogens with zero attached hydrogens (tertiary/aromatic N) is 4. The molecule has 0 bridgehead atoms. The molecule has 1 N–H and O–H groups in total. The van der Waals surface area contributed by atoms with E-state index in [1.807, 2.05) is 17.5 Å². The first kappa shape index (κ1) is 16.9. The molecule has 4 rings (SSSR count). The third-order valence-electron chi connectivity index (χ3n) is 4.53. The predicted molar refractivity (Wildman–Crippen MR) is 100 cm³/mol. The van der Waals surface area contributed by atoms with Crippen molar-refractivity contribution in [3.05, 3.63) is 58.1 Å². The number of carbonyl (C=O) groups is 1. The van der Waals surface area contributed by atoms with Gasteiger partial charge < -0.3 is 5.32 Å². The molecule has 1 saturated heterocycles. The lowest BCUT2D eigenvalue weighted by molar-refractivity contribution is -0.121. The molecule has 3 aromatic heterocycles. The van der Waals surface area contributed by atoms with E-state index in [0.717, 1.165) is 25.1 Å². The van der Waals surface area contributed by atoms with Crippen molar-refractivity contribution >= 4 is 28.0 Å². The minimum Gasteiger partial charge on any atom is -0.310 e. The zero-order valence-electron chi connectivity index (χ0n) is 14.2. The highest BCUT2D eigenvalue weighted by molar-refractivity contribution is 7.15. The molecule has 0 unspecified atom stereocenters. The molecule has 8 heteroatoms. The Morgan fingerprint density at radius 2 is 2.31 bits per heavy atom. The summed E-state index contributed by atoms with van der Waals surface area (Å²) in [7, 11) is 0. The second kappa shape index (κ2) is 7.35. The third-order valence-corrected chi connectivity index (χ3v) is 5.29. The molecule has 1 aliphatic heterocycles. The Bertz CT molecular complexity index is 968. The lowest BCUT2D eigenvalue weighted by Crippen LogP contribution is -2.40. The molecule has 0 radical (unpaired) electrons. The molecule has 26 heavy (non-hydrogen) atoms. The molecule has 1 fully saturated rings. The van der Waals surface area contributed by atoms with Crippen LogP contribution in [0.15, 0.2) is 46.8 Å². The summed E-state index contributed by atoms with van der Waals surface area (Å²) in [6.07, 6.45) is 5.20. The number of hydrogen-bond donors (Lipinski definition) is 1. The number of aromatic nitrogens is 3. The number of fused-ring (bicyclic) bond motifs is 1. The smallest absolute Gasteiger partial charge is 0.258 e. The molecule has 3 aromatic rings. The van der Waals surface area contributed by atoms with Crippen molar-refractivity contribution in [2.75, 3.05) is 18.4 Å². The molecule has 0 spiro atoms. The van der Waals surface area contributed by atoms with Gasteiger partial charge in [0.25, 0.3) is 5.56 Å². The first-order valence-electron chi connectivity index (χ1n) is 8.59. The fourth-order valence-corrected chi connectivity index (χ4v) is 4.01. The number of hydrogen-bond acceptors (Lipinski definition) is 6. The standard InChI is InChI=1S/C18H19N5O2S/c24-16-10-14(20-18-23(16)8-9-26-18)12-22-7-3-4-13(11-22)17(25)21-15-5-1-2-6-19-15/h1-2,5-6,8-10,13H,3-4,7,11-12H2,(H,19,21,25)/t13-/m0/s1. The SMILES string of the molecule is O=C(Nc1ccccn1)[C@H]1CCCN(Cc2cc(=O)n3ccsc3n2)C1. The molecule has 4 heterocycles. The van der Waals surface area contributed by atoms with Crippen LogP contribution in [-0.2, 0) is 11.3 Å². The van der Waals surface area contributed by atoms with Gasteiger partial charge in [-0.05, 0) is 31.5 Å². The van der Waals surface area contributed by atoms with Crippen LogP contribution in [-0.4, -0.2) is 38.3 Å². The van der Waals surface area contributed by atoms with Crippen molar-refractivity contribution < 1.29 is 4.79 Å². The summed E-state index contributed by atoms with van der Waals surface area (Å²) in [6, 6.07) is 7.03. The predicted octanol–water partition coefficient (Wildman–Crippen LogP) is 2.00. The average molecular weight is 369 g/mol. The first-order valence-corrected chi connectivity index (χ1v) is 9.47. The van der Waals surface area contributed by atoms with Crippen LogP contribution in [0.2, 0.25) is 0 Å². The van der Waals surface area contributed by atoms with E-state index in [1.54, 1.807) is 28.9 Å². The number of amides is 1. The number of pyridine rings is 1. The maximum Gasteiger partial charge on any atom is 0.258 e. The summed E-state index contributed by atoms with van der Waals surface area (Å²) in [4.78, 5) is 36.2. The van der Waals surface area contributed by atoms with Gasteiger partial charge in [-0.2, -0.15) is 0 Å². The van der Waals surface area contributed by atoms with Crippen LogP contribution in [0.5, 0.6) is 0 Å². The van der Waals surface area contributed by atoms with Crippen LogP contribution < -0.4 is 10.9 Å². The zero-order valence-corrected chi connectivity index (χ0v) is 15.0. The Balaban J connectivity index is 1.42. The van der Waals surface area contributed by atoms with Crippen LogP contribution in [0.25, 0.3) is 4.96 Å². The van der Waals surface area contributed by atoms with Crippen molar-refractivity contribution in [2.45, 2.75) is 19.4 Å². The van der Waals surface area contributed by atoms with E-state index in [1.165, 1.54) is 11.3 Å². The summed E-state index contributed by atoms with van der Waals surface area (Å²) < 4.78 is 1.55. The van der Waals surface area contributed by atoms with Gasteiger partial charge in [0.1, 0.15) is 5.82 Å². The summed E-state index contributed by atoms with van der Waals surface area (Å²) in [5.41, 5.74) is 0.691. The molecular weight excluding hydrogens is 350 g/mol. The topological polar surface area (TPSA) is 79.6 Å². The number of thiazole rings is 1. The maximum atomic E-state index is 12.5. The number of rotatable bonds is 4. The van der Waals surface area contributed by atoms with Crippen molar-refractivity contribution in [3.8, 4) is 0 Å². The van der Waals surface area contributed by atoms with Gasteiger partial charge >= 0.3 is 0 Å². The number of carbonyl (C=O) groups excluding carboxylic acids is 1. The van der Waals surface area contributed by atoms with Gasteiger partial charge in [0, 0.05) is 36.9 Å². The normalized spacial score (nSPS) is 18.1. The highest BCUT2D eigenvalue weighted by atomic mass is 32.1. The molecular formula is C18H19N5O2S. The highest BCUT2D eigenvalue weighted by Gasteiger charge is 2.26. The monoisotopic (exact) mass is 369 g/mol. The van der Waals surface area contributed by atoms with Crippen molar-refractivity contribution in [2.24, 2.45) is 5.92 Å². The molecule has 1 atom stereocenters. The van der Waals surface area contributed by atoms with Gasteiger partial charge in [-0.1, -0.05) is 6.07 Å². The number of likely N-dealkylation sites (tertiary alicyclic amines) is 1. The van der Waals surface area contributed by atoms with Gasteiger partial charge in [-0.15, -0.1) is 11.3 Å². The fourth-order valence-electron chi connectivity index (χ4n) is 3.28. The second-order valence-electron chi connectivity index (χ2n) is 6.42. The maximum absolute atomic E-state index is 12.5. The highest BCUT2D eigenvalue weighted by Crippen LogP contribution is 2.20. The van der Waals surface area contributed by atoms with Crippen molar-refractivity contribution in [1.29, 1.82) is 0 Å². The molecule has 0 aromatic carbocycles. The summed E-state index contributed by atoms with van der Waals surface area (Å²) in [5, 5.41) is 4.74. The van der Waals surface area contributed by atoms with Gasteiger partial charge in [0.15, 0.2) is 4.96 Å². The Labute approximate surface area is 154 Å². The Kier molecular flexibility index (Phi) is 4.77. The summed E-state index contributed by atoms with van der Waals surface area (Å²) in [5.74, 6) is 0.486. The Morgan fingerprint density at radius 1 is 1.38 bits per heavy atom. The average Bonchev–Trinajstić information content (AvgIpc) is 3.12. The van der Waals surface area contributed by atoms with E-state index >= 15 is 0 Å². The van der Waals surface area contributed by atoms with Crippen LogP contribution >= 0.6 is 11.3 Å². The van der Waals surface area contributed by atoms with Crippen LogP contribution in [0.1, 0.15) is 18.5 Å². The Morgan fingerprint density at radius 3 is 3.15 bits per heavy atom. The first-order chi connectivity index (χ1) is 12.7. The van der Waals surface area contributed by atoms with Gasteiger partial charge in [-0.3, -0.25) is 18.9 Å². The molecule has 0 saturated carbocycles. The lowest BCUT2D eigenvalue weighted by atomic mass is 9.97. The van der Waals surface area contributed by atoms with Crippen molar-refractivity contribution in [1.82, 2.24) is 19.3 Å². The minimum absolute atomic E-state index is 0.00450. The van der Waals surface area contributed by atoms with Crippen LogP contribution in [0.4, 0.5) is 5.82 Å². The third kappa shape index (κ3) is 3.66. The molecule has 1 aliphatic rings. The number of nitrogens with one attached hydrogen (secondary N) is 1. The largest absolute Gasteiger partial charge is 0.310 e. The van der Waals surface area contributed by atoms with Crippen LogP contribution in [0, 0.1) is 5.92 Å².